The van der Waals surface area contributed by atoms with Gasteiger partial charge in [-0.15, -0.1) is 0 Å². The third-order valence-electron chi connectivity index (χ3n) is 4.00. The van der Waals surface area contributed by atoms with Crippen LogP contribution >= 0.6 is 0 Å². The summed E-state index contributed by atoms with van der Waals surface area (Å²) < 4.78 is 20.9. The average molecular weight is 374 g/mol. The predicted molar refractivity (Wildman–Crippen MR) is 103 cm³/mol. The van der Waals surface area contributed by atoms with Gasteiger partial charge in [0.25, 0.3) is 5.91 Å². The molecule has 0 aliphatic heterocycles. The summed E-state index contributed by atoms with van der Waals surface area (Å²) in [6.45, 7) is 1.85. The fraction of sp³-hybridized carbons (Fsp3) is 0.350. The molecule has 0 atom stereocenters. The molecule has 2 aromatic rings. The lowest BCUT2D eigenvalue weighted by Gasteiger charge is -2.14. The molecule has 0 fully saturated rings. The first-order chi connectivity index (χ1) is 13.1. The second-order valence-corrected chi connectivity index (χ2v) is 5.69. The van der Waals surface area contributed by atoms with E-state index in [0.717, 1.165) is 11.3 Å². The van der Waals surface area contributed by atoms with Gasteiger partial charge in [-0.05, 0) is 29.8 Å². The van der Waals surface area contributed by atoms with Crippen LogP contribution in [0.2, 0.25) is 0 Å². The number of ether oxygens (including phenoxy) is 4. The van der Waals surface area contributed by atoms with E-state index in [-0.39, 0.29) is 5.91 Å². The minimum Gasteiger partial charge on any atom is -0.497 e. The van der Waals surface area contributed by atoms with Crippen LogP contribution in [-0.2, 0) is 6.54 Å². The summed E-state index contributed by atoms with van der Waals surface area (Å²) in [6, 6.07) is 11.1. The van der Waals surface area contributed by atoms with Crippen molar-refractivity contribution in [2.75, 3.05) is 41.5 Å². The number of hydrogen-bond acceptors (Lipinski definition) is 6. The van der Waals surface area contributed by atoms with E-state index in [9.17, 15) is 4.79 Å². The molecule has 0 spiro atoms. The van der Waals surface area contributed by atoms with Crippen molar-refractivity contribution in [3.63, 3.8) is 0 Å². The summed E-state index contributed by atoms with van der Waals surface area (Å²) in [5.41, 5.74) is 1.59. The molecule has 0 radical (unpaired) electrons. The number of benzene rings is 2. The van der Waals surface area contributed by atoms with Crippen LogP contribution in [0.3, 0.4) is 0 Å². The summed E-state index contributed by atoms with van der Waals surface area (Å²) in [4.78, 5) is 12.4. The molecule has 2 aromatic carbocycles. The fourth-order valence-electron chi connectivity index (χ4n) is 2.55. The molecule has 0 aliphatic carbocycles. The highest BCUT2D eigenvalue weighted by Gasteiger charge is 2.16. The number of amides is 1. The number of carbonyl (C=O) groups is 1. The monoisotopic (exact) mass is 374 g/mol. The third kappa shape index (κ3) is 5.52. The maximum Gasteiger partial charge on any atom is 0.251 e. The van der Waals surface area contributed by atoms with Gasteiger partial charge in [0.2, 0.25) is 5.75 Å². The number of carbonyl (C=O) groups excluding carboxylic acids is 1. The Kier molecular flexibility index (Phi) is 7.76. The van der Waals surface area contributed by atoms with Gasteiger partial charge < -0.3 is 29.6 Å². The first-order valence-corrected chi connectivity index (χ1v) is 8.54. The Morgan fingerprint density at radius 2 is 1.48 bits per heavy atom. The molecule has 0 bridgehead atoms. The Hall–Kier alpha value is -2.93. The van der Waals surface area contributed by atoms with Crippen LogP contribution in [0.1, 0.15) is 15.9 Å². The van der Waals surface area contributed by atoms with Crippen LogP contribution in [0.5, 0.6) is 23.0 Å². The van der Waals surface area contributed by atoms with E-state index >= 15 is 0 Å². The maximum absolute atomic E-state index is 12.4. The molecule has 7 heteroatoms. The molecule has 27 heavy (non-hydrogen) atoms. The van der Waals surface area contributed by atoms with Gasteiger partial charge in [0.1, 0.15) is 5.75 Å². The first kappa shape index (κ1) is 20.4. The van der Waals surface area contributed by atoms with Crippen molar-refractivity contribution < 1.29 is 23.7 Å². The zero-order valence-corrected chi connectivity index (χ0v) is 16.1. The molecule has 0 aromatic heterocycles. The zero-order chi connectivity index (χ0) is 19.6. The minimum atomic E-state index is -0.208. The largest absolute Gasteiger partial charge is 0.497 e. The van der Waals surface area contributed by atoms with E-state index in [0.29, 0.717) is 42.4 Å². The molecule has 0 unspecified atom stereocenters. The average Bonchev–Trinajstić information content (AvgIpc) is 2.72. The van der Waals surface area contributed by atoms with Gasteiger partial charge >= 0.3 is 0 Å². The van der Waals surface area contributed by atoms with Crippen molar-refractivity contribution in [2.45, 2.75) is 6.54 Å². The van der Waals surface area contributed by atoms with Crippen molar-refractivity contribution in [3.8, 4) is 23.0 Å². The lowest BCUT2D eigenvalue weighted by atomic mass is 10.1. The lowest BCUT2D eigenvalue weighted by molar-refractivity contribution is 0.0953. The smallest absolute Gasteiger partial charge is 0.251 e. The Balaban J connectivity index is 1.84. The molecular weight excluding hydrogens is 348 g/mol. The lowest BCUT2D eigenvalue weighted by Crippen LogP contribution is -2.31. The molecule has 2 N–H and O–H groups in total. The van der Waals surface area contributed by atoms with Gasteiger partial charge in [0, 0.05) is 25.2 Å². The highest BCUT2D eigenvalue weighted by molar-refractivity contribution is 5.95. The van der Waals surface area contributed by atoms with E-state index in [4.69, 9.17) is 18.9 Å². The van der Waals surface area contributed by atoms with Gasteiger partial charge in [-0.1, -0.05) is 12.1 Å². The zero-order valence-electron chi connectivity index (χ0n) is 16.1. The number of methoxy groups -OCH3 is 4. The van der Waals surface area contributed by atoms with Crippen molar-refractivity contribution >= 4 is 5.91 Å². The van der Waals surface area contributed by atoms with Gasteiger partial charge in [-0.3, -0.25) is 4.79 Å². The molecule has 0 saturated heterocycles. The SMILES string of the molecule is COc1ccc(CNCCNC(=O)c2cc(OC)c(OC)c(OC)c2)cc1. The Morgan fingerprint density at radius 1 is 0.852 bits per heavy atom. The molecular formula is C20H26N2O5. The van der Waals surface area contributed by atoms with Crippen molar-refractivity contribution in [2.24, 2.45) is 0 Å². The highest BCUT2D eigenvalue weighted by atomic mass is 16.5. The number of nitrogens with one attached hydrogen (secondary N) is 2. The summed E-state index contributed by atoms with van der Waals surface area (Å²) in [5.74, 6) is 1.97. The van der Waals surface area contributed by atoms with Crippen LogP contribution in [0.4, 0.5) is 0 Å². The van der Waals surface area contributed by atoms with Crippen molar-refractivity contribution in [3.05, 3.63) is 47.5 Å². The highest BCUT2D eigenvalue weighted by Crippen LogP contribution is 2.38. The van der Waals surface area contributed by atoms with E-state index < -0.39 is 0 Å². The minimum absolute atomic E-state index is 0.208. The summed E-state index contributed by atoms with van der Waals surface area (Å²) in [5, 5.41) is 6.15. The van der Waals surface area contributed by atoms with Crippen LogP contribution < -0.4 is 29.6 Å². The second-order valence-electron chi connectivity index (χ2n) is 5.69. The van der Waals surface area contributed by atoms with Gasteiger partial charge in [-0.25, -0.2) is 0 Å². The molecule has 0 aliphatic rings. The number of rotatable bonds is 10. The second kappa shape index (κ2) is 10.3. The quantitative estimate of drug-likeness (QED) is 0.621. The molecule has 0 saturated carbocycles. The fourth-order valence-corrected chi connectivity index (χ4v) is 2.55. The van der Waals surface area contributed by atoms with Gasteiger partial charge in [0.05, 0.1) is 28.4 Å². The normalized spacial score (nSPS) is 10.2. The summed E-state index contributed by atoms with van der Waals surface area (Å²) in [7, 11) is 6.20. The molecule has 146 valence electrons. The van der Waals surface area contributed by atoms with E-state index in [1.165, 1.54) is 21.3 Å². The summed E-state index contributed by atoms with van der Waals surface area (Å²) >= 11 is 0. The van der Waals surface area contributed by atoms with Crippen LogP contribution in [0.25, 0.3) is 0 Å². The first-order valence-electron chi connectivity index (χ1n) is 8.54. The Labute approximate surface area is 159 Å². The van der Waals surface area contributed by atoms with Crippen molar-refractivity contribution in [1.82, 2.24) is 10.6 Å². The Morgan fingerprint density at radius 3 is 2.00 bits per heavy atom. The van der Waals surface area contributed by atoms with Gasteiger partial charge in [0.15, 0.2) is 11.5 Å². The maximum atomic E-state index is 12.4. The number of hydrogen-bond donors (Lipinski definition) is 2. The molecule has 1 amide bonds. The molecule has 7 nitrogen and oxygen atoms in total. The standard InChI is InChI=1S/C20H26N2O5/c1-24-16-7-5-14(6-8-16)13-21-9-10-22-20(23)15-11-17(25-2)19(27-4)18(12-15)26-3/h5-8,11-12,21H,9-10,13H2,1-4H3,(H,22,23). The predicted octanol–water partition coefficient (Wildman–Crippen LogP) is 2.24. The van der Waals surface area contributed by atoms with Crippen LogP contribution in [-0.4, -0.2) is 47.4 Å². The topological polar surface area (TPSA) is 78.1 Å². The summed E-state index contributed by atoms with van der Waals surface area (Å²) in [6.07, 6.45) is 0. The van der Waals surface area contributed by atoms with Crippen molar-refractivity contribution in [1.29, 1.82) is 0 Å². The van der Waals surface area contributed by atoms with Crippen LogP contribution in [0, 0.1) is 0 Å². The molecule has 0 heterocycles. The van der Waals surface area contributed by atoms with E-state index in [1.54, 1.807) is 19.2 Å². The van der Waals surface area contributed by atoms with Gasteiger partial charge in [-0.2, -0.15) is 0 Å². The molecule has 2 rings (SSSR count). The van der Waals surface area contributed by atoms with Crippen LogP contribution in [0.15, 0.2) is 36.4 Å². The Bertz CT molecular complexity index is 722. The van der Waals surface area contributed by atoms with E-state index in [1.807, 2.05) is 24.3 Å². The third-order valence-corrected chi connectivity index (χ3v) is 4.00. The van der Waals surface area contributed by atoms with E-state index in [2.05, 4.69) is 10.6 Å².